The third kappa shape index (κ3) is 4.30. The minimum atomic E-state index is -0.0523. The molecule has 0 aliphatic rings. The Kier molecular flexibility index (Phi) is 5.78. The van der Waals surface area contributed by atoms with Crippen molar-refractivity contribution >= 4 is 29.0 Å². The van der Waals surface area contributed by atoms with Crippen molar-refractivity contribution in [2.75, 3.05) is 19.8 Å². The molecule has 0 aliphatic carbocycles. The Morgan fingerprint density at radius 1 is 1.38 bits per heavy atom. The molecule has 0 aliphatic heterocycles. The van der Waals surface area contributed by atoms with Gasteiger partial charge in [-0.1, -0.05) is 12.1 Å². The standard InChI is InChI=1S/C15H19N3OS2/c1-18(9-11-3-5-12(20-2)6-4-11)15(19)13-10-21-14(17-13)7-8-16/h3-6,10H,7-9,16H2,1-2H3. The van der Waals surface area contributed by atoms with Gasteiger partial charge < -0.3 is 10.6 Å². The van der Waals surface area contributed by atoms with Gasteiger partial charge in [0, 0.05) is 30.3 Å². The van der Waals surface area contributed by atoms with Crippen molar-refractivity contribution in [3.63, 3.8) is 0 Å². The normalized spacial score (nSPS) is 10.6. The predicted octanol–water partition coefficient (Wildman–Crippen LogP) is 2.64. The van der Waals surface area contributed by atoms with E-state index in [-0.39, 0.29) is 5.91 Å². The Morgan fingerprint density at radius 3 is 2.71 bits per heavy atom. The van der Waals surface area contributed by atoms with Gasteiger partial charge in [-0.3, -0.25) is 4.79 Å². The Bertz CT molecular complexity index is 595. The van der Waals surface area contributed by atoms with Crippen LogP contribution in [0.25, 0.3) is 0 Å². The van der Waals surface area contributed by atoms with Gasteiger partial charge in [-0.25, -0.2) is 4.98 Å². The zero-order chi connectivity index (χ0) is 15.2. The molecule has 0 fully saturated rings. The van der Waals surface area contributed by atoms with E-state index in [1.165, 1.54) is 16.2 Å². The largest absolute Gasteiger partial charge is 0.336 e. The maximum atomic E-state index is 12.3. The lowest BCUT2D eigenvalue weighted by Crippen LogP contribution is -2.26. The topological polar surface area (TPSA) is 59.2 Å². The summed E-state index contributed by atoms with van der Waals surface area (Å²) < 4.78 is 0. The molecule has 21 heavy (non-hydrogen) atoms. The van der Waals surface area contributed by atoms with Crippen LogP contribution >= 0.6 is 23.1 Å². The fourth-order valence-electron chi connectivity index (χ4n) is 1.92. The van der Waals surface area contributed by atoms with E-state index < -0.39 is 0 Å². The molecule has 1 heterocycles. The number of carbonyl (C=O) groups excluding carboxylic acids is 1. The lowest BCUT2D eigenvalue weighted by atomic mass is 10.2. The maximum Gasteiger partial charge on any atom is 0.273 e. The van der Waals surface area contributed by atoms with Crippen LogP contribution in [0.4, 0.5) is 0 Å². The summed E-state index contributed by atoms with van der Waals surface area (Å²) in [6.07, 6.45) is 2.77. The molecule has 2 aromatic rings. The second kappa shape index (κ2) is 7.59. The second-order valence-electron chi connectivity index (χ2n) is 4.67. The summed E-state index contributed by atoms with van der Waals surface area (Å²) in [5.41, 5.74) is 7.12. The molecular formula is C15H19N3OS2. The minimum Gasteiger partial charge on any atom is -0.336 e. The molecule has 1 aromatic heterocycles. The molecule has 2 N–H and O–H groups in total. The molecule has 0 bridgehead atoms. The van der Waals surface area contributed by atoms with E-state index in [9.17, 15) is 4.79 Å². The van der Waals surface area contributed by atoms with Crippen LogP contribution in [-0.4, -0.2) is 35.6 Å². The number of thioether (sulfide) groups is 1. The number of aromatic nitrogens is 1. The van der Waals surface area contributed by atoms with Gasteiger partial charge in [0.2, 0.25) is 0 Å². The molecule has 0 unspecified atom stereocenters. The minimum absolute atomic E-state index is 0.0523. The van der Waals surface area contributed by atoms with Crippen molar-refractivity contribution in [3.05, 3.63) is 45.9 Å². The first kappa shape index (κ1) is 16.0. The van der Waals surface area contributed by atoms with Crippen molar-refractivity contribution in [1.82, 2.24) is 9.88 Å². The molecule has 0 saturated carbocycles. The van der Waals surface area contributed by atoms with Crippen LogP contribution in [0.3, 0.4) is 0 Å². The Labute approximate surface area is 133 Å². The van der Waals surface area contributed by atoms with Crippen LogP contribution in [0.1, 0.15) is 21.1 Å². The number of nitrogens with zero attached hydrogens (tertiary/aromatic N) is 2. The van der Waals surface area contributed by atoms with Crippen LogP contribution in [0.2, 0.25) is 0 Å². The van der Waals surface area contributed by atoms with Crippen LogP contribution in [-0.2, 0) is 13.0 Å². The summed E-state index contributed by atoms with van der Waals surface area (Å²) in [5.74, 6) is -0.0523. The number of hydrogen-bond donors (Lipinski definition) is 1. The highest BCUT2D eigenvalue weighted by Crippen LogP contribution is 2.17. The summed E-state index contributed by atoms with van der Waals surface area (Å²) >= 11 is 3.20. The van der Waals surface area contributed by atoms with E-state index in [1.54, 1.807) is 29.1 Å². The predicted molar refractivity (Wildman–Crippen MR) is 88.9 cm³/mol. The quantitative estimate of drug-likeness (QED) is 0.831. The summed E-state index contributed by atoms with van der Waals surface area (Å²) in [6.45, 7) is 1.13. The van der Waals surface area contributed by atoms with E-state index in [2.05, 4.69) is 29.2 Å². The lowest BCUT2D eigenvalue weighted by molar-refractivity contribution is 0.0780. The van der Waals surface area contributed by atoms with E-state index in [0.29, 0.717) is 18.8 Å². The summed E-state index contributed by atoms with van der Waals surface area (Å²) in [5, 5.41) is 2.72. The van der Waals surface area contributed by atoms with Gasteiger partial charge in [0.1, 0.15) is 5.69 Å². The van der Waals surface area contributed by atoms with Crippen molar-refractivity contribution in [1.29, 1.82) is 0 Å². The van der Waals surface area contributed by atoms with Crippen molar-refractivity contribution in [3.8, 4) is 0 Å². The molecule has 0 radical (unpaired) electrons. The Hall–Kier alpha value is -1.37. The Balaban J connectivity index is 2.00. The fourth-order valence-corrected chi connectivity index (χ4v) is 3.12. The maximum absolute atomic E-state index is 12.3. The van der Waals surface area contributed by atoms with E-state index >= 15 is 0 Å². The van der Waals surface area contributed by atoms with Crippen molar-refractivity contribution in [2.24, 2.45) is 5.73 Å². The van der Waals surface area contributed by atoms with Crippen molar-refractivity contribution in [2.45, 2.75) is 17.9 Å². The molecule has 0 saturated heterocycles. The first-order valence-corrected chi connectivity index (χ1v) is 8.77. The third-order valence-corrected chi connectivity index (χ3v) is 4.71. The third-order valence-electron chi connectivity index (χ3n) is 3.05. The molecule has 112 valence electrons. The van der Waals surface area contributed by atoms with E-state index in [0.717, 1.165) is 17.0 Å². The number of nitrogens with two attached hydrogens (primary N) is 1. The second-order valence-corrected chi connectivity index (χ2v) is 6.50. The molecule has 6 heteroatoms. The highest BCUT2D eigenvalue weighted by atomic mass is 32.2. The zero-order valence-electron chi connectivity index (χ0n) is 12.2. The molecule has 4 nitrogen and oxygen atoms in total. The number of thiazole rings is 1. The average molecular weight is 321 g/mol. The highest BCUT2D eigenvalue weighted by molar-refractivity contribution is 7.98. The first-order chi connectivity index (χ1) is 10.1. The zero-order valence-corrected chi connectivity index (χ0v) is 13.8. The van der Waals surface area contributed by atoms with Gasteiger partial charge in [0.15, 0.2) is 0 Å². The highest BCUT2D eigenvalue weighted by Gasteiger charge is 2.15. The van der Waals surface area contributed by atoms with Gasteiger partial charge >= 0.3 is 0 Å². The molecule has 0 atom stereocenters. The molecule has 1 aromatic carbocycles. The van der Waals surface area contributed by atoms with Gasteiger partial charge in [0.05, 0.1) is 5.01 Å². The van der Waals surface area contributed by atoms with Gasteiger partial charge in [-0.15, -0.1) is 23.1 Å². The smallest absolute Gasteiger partial charge is 0.273 e. The number of rotatable bonds is 6. The van der Waals surface area contributed by atoms with Crippen LogP contribution in [0.5, 0.6) is 0 Å². The SMILES string of the molecule is CSc1ccc(CN(C)C(=O)c2csc(CCN)n2)cc1. The summed E-state index contributed by atoms with van der Waals surface area (Å²) in [7, 11) is 1.80. The summed E-state index contributed by atoms with van der Waals surface area (Å²) in [6, 6.07) is 8.24. The van der Waals surface area contributed by atoms with E-state index in [4.69, 9.17) is 5.73 Å². The van der Waals surface area contributed by atoms with Gasteiger partial charge in [-0.05, 0) is 30.5 Å². The molecule has 0 spiro atoms. The molecule has 2 rings (SSSR count). The fraction of sp³-hybridized carbons (Fsp3) is 0.333. The van der Waals surface area contributed by atoms with Gasteiger partial charge in [0.25, 0.3) is 5.91 Å². The van der Waals surface area contributed by atoms with Crippen molar-refractivity contribution < 1.29 is 4.79 Å². The van der Waals surface area contributed by atoms with Crippen LogP contribution in [0, 0.1) is 0 Å². The molecular weight excluding hydrogens is 302 g/mol. The average Bonchev–Trinajstić information content (AvgIpc) is 2.96. The number of amides is 1. The number of hydrogen-bond acceptors (Lipinski definition) is 5. The number of benzene rings is 1. The van der Waals surface area contributed by atoms with Crippen LogP contribution in [0.15, 0.2) is 34.5 Å². The van der Waals surface area contributed by atoms with Crippen LogP contribution < -0.4 is 5.73 Å². The summed E-state index contributed by atoms with van der Waals surface area (Å²) in [4.78, 5) is 19.6. The molecule has 1 amide bonds. The lowest BCUT2D eigenvalue weighted by Gasteiger charge is -2.16. The first-order valence-electron chi connectivity index (χ1n) is 6.67. The monoisotopic (exact) mass is 321 g/mol. The number of carbonyl (C=O) groups is 1. The Morgan fingerprint density at radius 2 is 2.10 bits per heavy atom. The van der Waals surface area contributed by atoms with Gasteiger partial charge in [-0.2, -0.15) is 0 Å². The van der Waals surface area contributed by atoms with E-state index in [1.807, 2.05) is 6.26 Å².